The molecule has 0 aliphatic rings. The molecule has 24 heavy (non-hydrogen) atoms. The molecule has 2 heterocycles. The molecular formula is C18H12ClN3O2. The number of aryl methyl sites for hydroxylation is 1. The third kappa shape index (κ3) is 2.39. The number of rotatable bonds is 2. The fourth-order valence-corrected chi connectivity index (χ4v) is 2.71. The molecule has 0 saturated heterocycles. The third-order valence-corrected chi connectivity index (χ3v) is 3.97. The molecule has 0 radical (unpaired) electrons. The van der Waals surface area contributed by atoms with E-state index in [1.54, 1.807) is 31.2 Å². The van der Waals surface area contributed by atoms with Gasteiger partial charge in [0.15, 0.2) is 5.82 Å². The summed E-state index contributed by atoms with van der Waals surface area (Å²) < 4.78 is 6.75. The summed E-state index contributed by atoms with van der Waals surface area (Å²) in [4.78, 5) is 17.7. The average Bonchev–Trinajstić information content (AvgIpc) is 3.01. The number of hydrogen-bond acceptors (Lipinski definition) is 4. The lowest BCUT2D eigenvalue weighted by atomic mass is 10.2. The van der Waals surface area contributed by atoms with Gasteiger partial charge < -0.3 is 4.52 Å². The van der Waals surface area contributed by atoms with E-state index in [9.17, 15) is 4.79 Å². The zero-order valence-corrected chi connectivity index (χ0v) is 13.5. The van der Waals surface area contributed by atoms with Crippen LogP contribution < -0.4 is 5.56 Å². The summed E-state index contributed by atoms with van der Waals surface area (Å²) >= 11 is 5.97. The molecule has 0 atom stereocenters. The molecule has 0 aliphatic heterocycles. The zero-order chi connectivity index (χ0) is 16.7. The number of hydrogen-bond donors (Lipinski definition) is 0. The van der Waals surface area contributed by atoms with Gasteiger partial charge in [-0.05, 0) is 43.3 Å². The van der Waals surface area contributed by atoms with Gasteiger partial charge in [0.1, 0.15) is 0 Å². The van der Waals surface area contributed by atoms with Crippen molar-refractivity contribution in [2.45, 2.75) is 6.92 Å². The first-order chi connectivity index (χ1) is 11.6. The smallest absolute Gasteiger partial charge is 0.268 e. The maximum atomic E-state index is 13.0. The molecular weight excluding hydrogens is 326 g/mol. The Balaban J connectivity index is 2.10. The summed E-state index contributed by atoms with van der Waals surface area (Å²) in [6.07, 6.45) is 0. The number of fused-ring (bicyclic) bond motifs is 1. The van der Waals surface area contributed by atoms with E-state index >= 15 is 0 Å². The Morgan fingerprint density at radius 3 is 2.54 bits per heavy atom. The molecule has 2 aromatic carbocycles. The topological polar surface area (TPSA) is 60.9 Å². The fraction of sp³-hybridized carbons (Fsp3) is 0.0556. The second-order valence-electron chi connectivity index (χ2n) is 5.41. The highest BCUT2D eigenvalue weighted by molar-refractivity contribution is 6.30. The molecule has 5 nitrogen and oxygen atoms in total. The summed E-state index contributed by atoms with van der Waals surface area (Å²) in [5.41, 5.74) is 1.87. The van der Waals surface area contributed by atoms with Crippen molar-refractivity contribution in [1.29, 1.82) is 0 Å². The monoisotopic (exact) mass is 337 g/mol. The summed E-state index contributed by atoms with van der Waals surface area (Å²) in [5, 5.41) is 5.01. The number of benzene rings is 2. The van der Waals surface area contributed by atoms with E-state index in [1.165, 1.54) is 4.57 Å². The van der Waals surface area contributed by atoms with Gasteiger partial charge in [0.25, 0.3) is 5.56 Å². The van der Waals surface area contributed by atoms with Gasteiger partial charge in [-0.25, -0.2) is 9.55 Å². The van der Waals surface area contributed by atoms with Crippen LogP contribution in [0.5, 0.6) is 0 Å². The minimum Gasteiger partial charge on any atom is -0.338 e. The molecule has 0 aliphatic carbocycles. The zero-order valence-electron chi connectivity index (χ0n) is 12.7. The highest BCUT2D eigenvalue weighted by Crippen LogP contribution is 2.23. The molecule has 0 unspecified atom stereocenters. The van der Waals surface area contributed by atoms with Gasteiger partial charge in [-0.1, -0.05) is 28.9 Å². The lowest BCUT2D eigenvalue weighted by Gasteiger charge is -2.11. The van der Waals surface area contributed by atoms with Crippen molar-refractivity contribution >= 4 is 22.5 Å². The Labute approximate surface area is 142 Å². The Bertz CT molecular complexity index is 1100. The van der Waals surface area contributed by atoms with Crippen LogP contribution in [0.2, 0.25) is 5.02 Å². The standard InChI is InChI=1S/C18H12ClN3O2/c1-11-10-16(24-21-11)22-17(12-6-8-13(19)9-7-12)20-15-5-3-2-4-14(15)18(22)23/h2-10H,1H3. The van der Waals surface area contributed by atoms with Crippen molar-refractivity contribution in [2.75, 3.05) is 0 Å². The van der Waals surface area contributed by atoms with E-state index in [-0.39, 0.29) is 5.56 Å². The molecule has 4 aromatic rings. The number of halogens is 1. The highest BCUT2D eigenvalue weighted by atomic mass is 35.5. The summed E-state index contributed by atoms with van der Waals surface area (Å²) in [6.45, 7) is 1.80. The van der Waals surface area contributed by atoms with Gasteiger partial charge in [-0.3, -0.25) is 4.79 Å². The normalized spacial score (nSPS) is 11.1. The maximum Gasteiger partial charge on any atom is 0.268 e. The minimum absolute atomic E-state index is 0.207. The summed E-state index contributed by atoms with van der Waals surface area (Å²) in [5.74, 6) is 0.812. The lowest BCUT2D eigenvalue weighted by molar-refractivity contribution is 0.400. The summed E-state index contributed by atoms with van der Waals surface area (Å²) in [7, 11) is 0. The van der Waals surface area contributed by atoms with Gasteiger partial charge in [0.2, 0.25) is 5.88 Å². The van der Waals surface area contributed by atoms with Crippen LogP contribution in [0.1, 0.15) is 5.69 Å². The van der Waals surface area contributed by atoms with Crippen molar-refractivity contribution in [2.24, 2.45) is 0 Å². The molecule has 0 amide bonds. The van der Waals surface area contributed by atoms with E-state index in [0.29, 0.717) is 33.3 Å². The Morgan fingerprint density at radius 2 is 1.83 bits per heavy atom. The molecule has 0 saturated carbocycles. The molecule has 0 fully saturated rings. The summed E-state index contributed by atoms with van der Waals surface area (Å²) in [6, 6.07) is 16.1. The Morgan fingerprint density at radius 1 is 1.08 bits per heavy atom. The molecule has 0 bridgehead atoms. The third-order valence-electron chi connectivity index (χ3n) is 3.71. The highest BCUT2D eigenvalue weighted by Gasteiger charge is 2.17. The van der Waals surface area contributed by atoms with Crippen LogP contribution in [0.4, 0.5) is 0 Å². The molecule has 0 N–H and O–H groups in total. The fourth-order valence-electron chi connectivity index (χ4n) is 2.59. The van der Waals surface area contributed by atoms with Gasteiger partial charge >= 0.3 is 0 Å². The van der Waals surface area contributed by atoms with E-state index in [0.717, 1.165) is 5.56 Å². The molecule has 4 rings (SSSR count). The van der Waals surface area contributed by atoms with Crippen molar-refractivity contribution in [3.05, 3.63) is 75.7 Å². The Hall–Kier alpha value is -2.92. The predicted molar refractivity (Wildman–Crippen MR) is 92.6 cm³/mol. The van der Waals surface area contributed by atoms with Crippen molar-refractivity contribution in [3.8, 4) is 17.3 Å². The lowest BCUT2D eigenvalue weighted by Crippen LogP contribution is -2.21. The molecule has 118 valence electrons. The van der Waals surface area contributed by atoms with Crippen molar-refractivity contribution < 1.29 is 4.52 Å². The van der Waals surface area contributed by atoms with Gasteiger partial charge in [0, 0.05) is 16.7 Å². The van der Waals surface area contributed by atoms with Crippen molar-refractivity contribution in [1.82, 2.24) is 14.7 Å². The largest absolute Gasteiger partial charge is 0.338 e. The van der Waals surface area contributed by atoms with E-state index in [1.807, 2.05) is 30.3 Å². The van der Waals surface area contributed by atoms with Crippen LogP contribution in [0.3, 0.4) is 0 Å². The van der Waals surface area contributed by atoms with Crippen LogP contribution in [-0.2, 0) is 0 Å². The van der Waals surface area contributed by atoms with Crippen LogP contribution in [0, 0.1) is 6.92 Å². The molecule has 2 aromatic heterocycles. The van der Waals surface area contributed by atoms with Crippen LogP contribution in [0.25, 0.3) is 28.2 Å². The maximum absolute atomic E-state index is 13.0. The average molecular weight is 338 g/mol. The number of para-hydroxylation sites is 1. The molecule has 0 spiro atoms. The van der Waals surface area contributed by atoms with Crippen LogP contribution in [-0.4, -0.2) is 14.7 Å². The van der Waals surface area contributed by atoms with E-state index in [4.69, 9.17) is 16.1 Å². The van der Waals surface area contributed by atoms with Crippen LogP contribution in [0.15, 0.2) is 63.9 Å². The first kappa shape index (κ1) is 14.7. The minimum atomic E-state index is -0.207. The number of aromatic nitrogens is 3. The van der Waals surface area contributed by atoms with Crippen molar-refractivity contribution in [3.63, 3.8) is 0 Å². The molecule has 6 heteroatoms. The first-order valence-electron chi connectivity index (χ1n) is 7.35. The van der Waals surface area contributed by atoms with E-state index in [2.05, 4.69) is 10.1 Å². The van der Waals surface area contributed by atoms with Gasteiger partial charge in [-0.15, -0.1) is 0 Å². The predicted octanol–water partition coefficient (Wildman–Crippen LogP) is 4.00. The van der Waals surface area contributed by atoms with E-state index < -0.39 is 0 Å². The van der Waals surface area contributed by atoms with Crippen LogP contribution >= 0.6 is 11.6 Å². The Kier molecular flexibility index (Phi) is 3.43. The quantitative estimate of drug-likeness (QED) is 0.554. The first-order valence-corrected chi connectivity index (χ1v) is 7.73. The second-order valence-corrected chi connectivity index (χ2v) is 5.84. The van der Waals surface area contributed by atoms with Gasteiger partial charge in [0.05, 0.1) is 16.6 Å². The van der Waals surface area contributed by atoms with Gasteiger partial charge in [-0.2, -0.15) is 0 Å². The SMILES string of the molecule is Cc1cc(-n2c(-c3ccc(Cl)cc3)nc3ccccc3c2=O)on1. The second kappa shape index (κ2) is 5.62. The number of nitrogens with zero attached hydrogens (tertiary/aromatic N) is 3.